The number of anilines is 2. The maximum atomic E-state index is 13.1. The Morgan fingerprint density at radius 1 is 0.964 bits per heavy atom. The second-order valence-corrected chi connectivity index (χ2v) is 7.58. The first kappa shape index (κ1) is 19.0. The topological polar surface area (TPSA) is 37.8 Å². The maximum absolute atomic E-state index is 13.1. The fourth-order valence-corrected chi connectivity index (χ4v) is 4.04. The smallest absolute Gasteiger partial charge is 0.340 e. The molecule has 0 saturated carbocycles. The zero-order valence-corrected chi connectivity index (χ0v) is 16.2. The van der Waals surface area contributed by atoms with Crippen molar-refractivity contribution in [3.63, 3.8) is 0 Å². The van der Waals surface area contributed by atoms with Gasteiger partial charge in [-0.2, -0.15) is 13.2 Å². The Hall–Kier alpha value is -2.35. The van der Waals surface area contributed by atoms with E-state index in [1.54, 1.807) is 12.1 Å². The Bertz CT molecular complexity index is 1160. The molecule has 0 aliphatic rings. The van der Waals surface area contributed by atoms with Crippen LogP contribution in [-0.4, -0.2) is 9.97 Å². The lowest BCUT2D eigenvalue weighted by Crippen LogP contribution is -2.06. The average molecular weight is 440 g/mol. The Morgan fingerprint density at radius 2 is 1.71 bits per heavy atom. The second kappa shape index (κ2) is 7.24. The minimum Gasteiger partial charge on any atom is -0.340 e. The molecule has 2 heterocycles. The van der Waals surface area contributed by atoms with Crippen LogP contribution < -0.4 is 5.32 Å². The zero-order valence-electron chi connectivity index (χ0n) is 13.9. The van der Waals surface area contributed by atoms with Gasteiger partial charge in [0.1, 0.15) is 17.0 Å². The van der Waals surface area contributed by atoms with Crippen LogP contribution in [0.4, 0.5) is 24.7 Å². The van der Waals surface area contributed by atoms with E-state index in [-0.39, 0.29) is 10.7 Å². The first-order valence-corrected chi connectivity index (χ1v) is 9.58. The van der Waals surface area contributed by atoms with Crippen LogP contribution in [0, 0.1) is 0 Å². The summed E-state index contributed by atoms with van der Waals surface area (Å²) in [4.78, 5) is 9.21. The number of benzene rings is 2. The molecular weight excluding hydrogens is 430 g/mol. The van der Waals surface area contributed by atoms with Crippen molar-refractivity contribution in [3.05, 3.63) is 69.8 Å². The average Bonchev–Trinajstić information content (AvgIpc) is 3.08. The van der Waals surface area contributed by atoms with Gasteiger partial charge in [-0.3, -0.25) is 0 Å². The lowest BCUT2D eigenvalue weighted by atomic mass is 10.1. The number of thiophene rings is 1. The molecule has 1 N–H and O–H groups in total. The summed E-state index contributed by atoms with van der Waals surface area (Å²) in [6.45, 7) is 0. The first-order chi connectivity index (χ1) is 13.3. The van der Waals surface area contributed by atoms with Crippen molar-refractivity contribution in [2.24, 2.45) is 0 Å². The predicted octanol–water partition coefficient (Wildman–Crippen LogP) is 7.43. The lowest BCUT2D eigenvalue weighted by Gasteiger charge is -2.13. The van der Waals surface area contributed by atoms with Crippen molar-refractivity contribution < 1.29 is 13.2 Å². The van der Waals surface area contributed by atoms with Crippen molar-refractivity contribution in [3.8, 4) is 11.1 Å². The summed E-state index contributed by atoms with van der Waals surface area (Å²) in [6.07, 6.45) is -3.18. The van der Waals surface area contributed by atoms with Gasteiger partial charge in [-0.1, -0.05) is 35.3 Å². The molecule has 4 rings (SSSR count). The summed E-state index contributed by atoms with van der Waals surface area (Å²) in [5.41, 5.74) is 1.09. The normalized spacial score (nSPS) is 11.8. The van der Waals surface area contributed by atoms with E-state index in [0.29, 0.717) is 15.7 Å². The quantitative estimate of drug-likeness (QED) is 0.360. The van der Waals surface area contributed by atoms with Crippen molar-refractivity contribution in [2.45, 2.75) is 6.18 Å². The van der Waals surface area contributed by atoms with E-state index in [0.717, 1.165) is 22.6 Å². The first-order valence-electron chi connectivity index (χ1n) is 7.95. The van der Waals surface area contributed by atoms with Gasteiger partial charge in [-0.25, -0.2) is 9.97 Å². The summed E-state index contributed by atoms with van der Waals surface area (Å²) in [7, 11) is 0. The monoisotopic (exact) mass is 439 g/mol. The molecule has 3 nitrogen and oxygen atoms in total. The number of hydrogen-bond acceptors (Lipinski definition) is 4. The molecule has 0 saturated heterocycles. The van der Waals surface area contributed by atoms with E-state index in [9.17, 15) is 13.2 Å². The van der Waals surface area contributed by atoms with Gasteiger partial charge in [0.2, 0.25) is 0 Å². The third-order valence-corrected chi connectivity index (χ3v) is 5.53. The highest BCUT2D eigenvalue weighted by Gasteiger charge is 2.33. The van der Waals surface area contributed by atoms with E-state index >= 15 is 0 Å². The SMILES string of the molecule is FC(F)(F)c1cc(Nc2ncnc3scc(-c4ccc(Cl)cc4)c23)ccc1Cl. The lowest BCUT2D eigenvalue weighted by molar-refractivity contribution is -0.137. The molecule has 28 heavy (non-hydrogen) atoms. The van der Waals surface area contributed by atoms with Crippen LogP contribution in [0.1, 0.15) is 5.56 Å². The highest BCUT2D eigenvalue weighted by molar-refractivity contribution is 7.17. The number of hydrogen-bond donors (Lipinski definition) is 1. The highest BCUT2D eigenvalue weighted by atomic mass is 35.5. The van der Waals surface area contributed by atoms with Gasteiger partial charge >= 0.3 is 6.18 Å². The molecule has 0 aliphatic heterocycles. The fraction of sp³-hybridized carbons (Fsp3) is 0.0526. The molecule has 4 aromatic rings. The van der Waals surface area contributed by atoms with Crippen LogP contribution in [0.5, 0.6) is 0 Å². The minimum atomic E-state index is -4.55. The summed E-state index contributed by atoms with van der Waals surface area (Å²) in [5.74, 6) is 0.409. The minimum absolute atomic E-state index is 0.227. The molecular formula is C19H10Cl2F3N3S. The van der Waals surface area contributed by atoms with Gasteiger partial charge in [-0.15, -0.1) is 11.3 Å². The molecule has 9 heteroatoms. The van der Waals surface area contributed by atoms with Gasteiger partial charge in [0.05, 0.1) is 16.0 Å². The van der Waals surface area contributed by atoms with Crippen LogP contribution in [0.25, 0.3) is 21.3 Å². The number of halogens is 5. The number of fused-ring (bicyclic) bond motifs is 1. The third-order valence-electron chi connectivity index (χ3n) is 4.06. The largest absolute Gasteiger partial charge is 0.417 e. The Kier molecular flexibility index (Phi) is 4.91. The van der Waals surface area contributed by atoms with Crippen LogP contribution in [0.2, 0.25) is 10.0 Å². The molecule has 0 unspecified atom stereocenters. The second-order valence-electron chi connectivity index (χ2n) is 5.88. The summed E-state index contributed by atoms with van der Waals surface area (Å²) < 4.78 is 39.4. The number of rotatable bonds is 3. The molecule has 0 amide bonds. The molecule has 0 atom stereocenters. The number of alkyl halides is 3. The standard InChI is InChI=1S/C19H10Cl2F3N3S/c20-11-3-1-10(2-4-11)13-8-28-18-16(13)17(25-9-26-18)27-12-5-6-15(21)14(7-12)19(22,23)24/h1-9H,(H,25,26,27). The molecule has 2 aromatic heterocycles. The highest BCUT2D eigenvalue weighted by Crippen LogP contribution is 2.40. The van der Waals surface area contributed by atoms with Crippen molar-refractivity contribution in [1.82, 2.24) is 9.97 Å². The molecule has 0 radical (unpaired) electrons. The van der Waals surface area contributed by atoms with Gasteiger partial charge in [0.25, 0.3) is 0 Å². The van der Waals surface area contributed by atoms with E-state index in [1.165, 1.54) is 29.8 Å². The molecule has 2 aromatic carbocycles. The van der Waals surface area contributed by atoms with Crippen LogP contribution in [-0.2, 0) is 6.18 Å². The van der Waals surface area contributed by atoms with Gasteiger partial charge in [0, 0.05) is 21.7 Å². The van der Waals surface area contributed by atoms with Gasteiger partial charge < -0.3 is 5.32 Å². The third kappa shape index (κ3) is 3.65. The molecule has 0 fully saturated rings. The summed E-state index contributed by atoms with van der Waals surface area (Å²) >= 11 is 13.1. The number of nitrogens with zero attached hydrogens (tertiary/aromatic N) is 2. The zero-order chi connectivity index (χ0) is 19.9. The molecule has 0 aliphatic carbocycles. The van der Waals surface area contributed by atoms with Crippen LogP contribution in [0.15, 0.2) is 54.2 Å². The van der Waals surface area contributed by atoms with Crippen LogP contribution in [0.3, 0.4) is 0 Å². The summed E-state index contributed by atoms with van der Waals surface area (Å²) in [6, 6.07) is 10.9. The van der Waals surface area contributed by atoms with E-state index in [1.807, 2.05) is 17.5 Å². The van der Waals surface area contributed by atoms with Gasteiger partial charge in [0.15, 0.2) is 0 Å². The van der Waals surface area contributed by atoms with Crippen molar-refractivity contribution in [1.29, 1.82) is 0 Å². The fourth-order valence-electron chi connectivity index (χ4n) is 2.77. The van der Waals surface area contributed by atoms with E-state index < -0.39 is 11.7 Å². The Morgan fingerprint density at radius 3 is 2.43 bits per heavy atom. The van der Waals surface area contributed by atoms with E-state index in [2.05, 4.69) is 15.3 Å². The Balaban J connectivity index is 1.80. The van der Waals surface area contributed by atoms with Gasteiger partial charge in [-0.05, 0) is 35.9 Å². The van der Waals surface area contributed by atoms with E-state index in [4.69, 9.17) is 23.2 Å². The maximum Gasteiger partial charge on any atom is 0.417 e. The number of nitrogens with one attached hydrogen (secondary N) is 1. The van der Waals surface area contributed by atoms with Crippen LogP contribution >= 0.6 is 34.5 Å². The molecule has 0 bridgehead atoms. The van der Waals surface area contributed by atoms with Crippen molar-refractivity contribution in [2.75, 3.05) is 5.32 Å². The summed E-state index contributed by atoms with van der Waals surface area (Å²) in [5, 5.41) is 5.87. The van der Waals surface area contributed by atoms with Crippen molar-refractivity contribution >= 4 is 56.3 Å². The Labute approximate surface area is 171 Å². The molecule has 0 spiro atoms. The molecule has 142 valence electrons. The predicted molar refractivity (Wildman–Crippen MR) is 108 cm³/mol. The number of aromatic nitrogens is 2.